The molecule has 0 spiro atoms. The Bertz CT molecular complexity index is 1070. The number of hydrogen-bond acceptors (Lipinski definition) is 5. The van der Waals surface area contributed by atoms with Crippen LogP contribution in [0.15, 0.2) is 47.7 Å². The van der Waals surface area contributed by atoms with Gasteiger partial charge in [0.2, 0.25) is 0 Å². The highest BCUT2D eigenvalue weighted by molar-refractivity contribution is 6.42. The SMILES string of the molecule is CCCCC1=C(C(=O)OC)C(c2ccc(OC)c(OCc3ccc(Cl)c(Cl)c3)c2)NC(=O)N1. The van der Waals surface area contributed by atoms with Gasteiger partial charge in [0.1, 0.15) is 6.61 Å². The van der Waals surface area contributed by atoms with Gasteiger partial charge in [0, 0.05) is 5.70 Å². The van der Waals surface area contributed by atoms with Crippen LogP contribution in [-0.2, 0) is 16.1 Å². The van der Waals surface area contributed by atoms with Gasteiger partial charge >= 0.3 is 12.0 Å². The molecule has 0 fully saturated rings. The molecule has 1 heterocycles. The summed E-state index contributed by atoms with van der Waals surface area (Å²) >= 11 is 12.1. The minimum atomic E-state index is -0.698. The molecule has 2 N–H and O–H groups in total. The molecular weight excluding hydrogens is 467 g/mol. The molecule has 2 aromatic rings. The molecule has 0 aliphatic carbocycles. The average Bonchev–Trinajstić information content (AvgIpc) is 2.82. The van der Waals surface area contributed by atoms with Crippen molar-refractivity contribution in [3.63, 3.8) is 0 Å². The standard InChI is InChI=1S/C24H26Cl2N2O5/c1-4-5-6-18-21(23(29)32-3)22(28-24(30)27-18)15-8-10-19(31-2)20(12-15)33-13-14-7-9-16(25)17(26)11-14/h7-12,22H,4-6,13H2,1-3H3,(H2,27,28,30). The zero-order chi connectivity index (χ0) is 24.0. The molecule has 7 nitrogen and oxygen atoms in total. The Morgan fingerprint density at radius 1 is 1.06 bits per heavy atom. The molecule has 1 atom stereocenters. The molecule has 2 amide bonds. The summed E-state index contributed by atoms with van der Waals surface area (Å²) < 4.78 is 16.4. The topological polar surface area (TPSA) is 85.9 Å². The lowest BCUT2D eigenvalue weighted by molar-refractivity contribution is -0.136. The zero-order valence-electron chi connectivity index (χ0n) is 18.7. The molecule has 1 aliphatic heterocycles. The van der Waals surface area contributed by atoms with E-state index < -0.39 is 12.0 Å². The van der Waals surface area contributed by atoms with E-state index in [9.17, 15) is 9.59 Å². The van der Waals surface area contributed by atoms with Crippen molar-refractivity contribution in [3.05, 3.63) is 68.8 Å². The van der Waals surface area contributed by atoms with Crippen molar-refractivity contribution in [1.82, 2.24) is 10.6 Å². The van der Waals surface area contributed by atoms with Crippen molar-refractivity contribution >= 4 is 35.2 Å². The Balaban J connectivity index is 1.95. The summed E-state index contributed by atoms with van der Waals surface area (Å²) in [6.07, 6.45) is 2.30. The summed E-state index contributed by atoms with van der Waals surface area (Å²) in [6, 6.07) is 9.42. The van der Waals surface area contributed by atoms with Crippen LogP contribution >= 0.6 is 23.2 Å². The lowest BCUT2D eigenvalue weighted by Gasteiger charge is -2.29. The second-order valence-corrected chi connectivity index (χ2v) is 8.28. The maximum absolute atomic E-state index is 12.7. The van der Waals surface area contributed by atoms with Gasteiger partial charge in [0.05, 0.1) is 35.9 Å². The van der Waals surface area contributed by atoms with Gasteiger partial charge in [-0.3, -0.25) is 0 Å². The van der Waals surface area contributed by atoms with Crippen LogP contribution in [0.1, 0.15) is 43.4 Å². The molecule has 1 aliphatic rings. The number of halogens is 2. The van der Waals surface area contributed by atoms with Gasteiger partial charge in [-0.15, -0.1) is 0 Å². The Kier molecular flexibility index (Phi) is 8.47. The normalized spacial score (nSPS) is 15.5. The van der Waals surface area contributed by atoms with Crippen molar-refractivity contribution in [2.75, 3.05) is 14.2 Å². The van der Waals surface area contributed by atoms with E-state index in [-0.39, 0.29) is 12.6 Å². The summed E-state index contributed by atoms with van der Waals surface area (Å²) in [6.45, 7) is 2.26. The number of ether oxygens (including phenoxy) is 3. The molecular formula is C24H26Cl2N2O5. The van der Waals surface area contributed by atoms with Gasteiger partial charge in [-0.25, -0.2) is 9.59 Å². The summed E-state index contributed by atoms with van der Waals surface area (Å²) in [5, 5.41) is 6.47. The van der Waals surface area contributed by atoms with Gasteiger partial charge in [0.15, 0.2) is 11.5 Å². The molecule has 0 saturated carbocycles. The Hall–Kier alpha value is -2.90. The number of methoxy groups -OCH3 is 2. The average molecular weight is 493 g/mol. The second kappa shape index (κ2) is 11.3. The van der Waals surface area contributed by atoms with Crippen LogP contribution in [0.25, 0.3) is 0 Å². The van der Waals surface area contributed by atoms with Crippen molar-refractivity contribution in [3.8, 4) is 11.5 Å². The van der Waals surface area contributed by atoms with E-state index in [4.69, 9.17) is 37.4 Å². The van der Waals surface area contributed by atoms with E-state index in [1.165, 1.54) is 14.2 Å². The molecule has 0 radical (unpaired) electrons. The van der Waals surface area contributed by atoms with E-state index in [0.29, 0.717) is 44.8 Å². The van der Waals surface area contributed by atoms with Crippen molar-refractivity contribution in [2.45, 2.75) is 38.8 Å². The first-order valence-electron chi connectivity index (χ1n) is 10.5. The van der Waals surface area contributed by atoms with E-state index in [1.54, 1.807) is 30.3 Å². The van der Waals surface area contributed by atoms with Gasteiger partial charge < -0.3 is 24.8 Å². The van der Waals surface area contributed by atoms with Gasteiger partial charge in [-0.2, -0.15) is 0 Å². The number of esters is 1. The number of benzene rings is 2. The monoisotopic (exact) mass is 492 g/mol. The fourth-order valence-corrected chi connectivity index (χ4v) is 3.87. The molecule has 9 heteroatoms. The van der Waals surface area contributed by atoms with E-state index >= 15 is 0 Å². The molecule has 0 aromatic heterocycles. The van der Waals surface area contributed by atoms with Crippen LogP contribution in [0.2, 0.25) is 10.0 Å². The van der Waals surface area contributed by atoms with Crippen molar-refractivity contribution in [1.29, 1.82) is 0 Å². The molecule has 0 bridgehead atoms. The third kappa shape index (κ3) is 5.92. The number of rotatable bonds is 9. The van der Waals surface area contributed by atoms with Crippen LogP contribution < -0.4 is 20.1 Å². The molecule has 176 valence electrons. The Morgan fingerprint density at radius 2 is 1.85 bits per heavy atom. The molecule has 33 heavy (non-hydrogen) atoms. The molecule has 1 unspecified atom stereocenters. The number of hydrogen-bond donors (Lipinski definition) is 2. The first-order chi connectivity index (χ1) is 15.9. The summed E-state index contributed by atoms with van der Waals surface area (Å²) in [5.41, 5.74) is 2.41. The van der Waals surface area contributed by atoms with Crippen LogP contribution in [0.3, 0.4) is 0 Å². The minimum absolute atomic E-state index is 0.219. The quantitative estimate of drug-likeness (QED) is 0.448. The van der Waals surface area contributed by atoms with Crippen LogP contribution in [-0.4, -0.2) is 26.2 Å². The summed E-state index contributed by atoms with van der Waals surface area (Å²) in [4.78, 5) is 25.0. The second-order valence-electron chi connectivity index (χ2n) is 7.47. The largest absolute Gasteiger partial charge is 0.493 e. The fraction of sp³-hybridized carbons (Fsp3) is 0.333. The van der Waals surface area contributed by atoms with E-state index in [1.807, 2.05) is 13.0 Å². The Labute approximate surface area is 203 Å². The Morgan fingerprint density at radius 3 is 2.52 bits per heavy atom. The number of carbonyl (C=O) groups is 2. The molecule has 3 rings (SSSR count). The zero-order valence-corrected chi connectivity index (χ0v) is 20.2. The third-order valence-electron chi connectivity index (χ3n) is 5.24. The number of allylic oxidation sites excluding steroid dienone is 1. The number of unbranched alkanes of at least 4 members (excludes halogenated alkanes) is 1. The predicted molar refractivity (Wildman–Crippen MR) is 127 cm³/mol. The first-order valence-corrected chi connectivity index (χ1v) is 11.3. The highest BCUT2D eigenvalue weighted by Gasteiger charge is 2.33. The first kappa shape index (κ1) is 24.7. The summed E-state index contributed by atoms with van der Waals surface area (Å²) in [7, 11) is 2.86. The van der Waals surface area contributed by atoms with Gasteiger partial charge in [0.25, 0.3) is 0 Å². The number of nitrogens with one attached hydrogen (secondary N) is 2. The third-order valence-corrected chi connectivity index (χ3v) is 5.98. The fourth-order valence-electron chi connectivity index (χ4n) is 3.55. The number of amides is 2. The highest BCUT2D eigenvalue weighted by atomic mass is 35.5. The summed E-state index contributed by atoms with van der Waals surface area (Å²) in [5.74, 6) is 0.453. The minimum Gasteiger partial charge on any atom is -0.493 e. The lowest BCUT2D eigenvalue weighted by Crippen LogP contribution is -2.45. The van der Waals surface area contributed by atoms with Gasteiger partial charge in [-0.05, 0) is 48.2 Å². The van der Waals surface area contributed by atoms with Gasteiger partial charge in [-0.1, -0.05) is 48.7 Å². The van der Waals surface area contributed by atoms with Crippen LogP contribution in [0.5, 0.6) is 11.5 Å². The highest BCUT2D eigenvalue weighted by Crippen LogP contribution is 2.36. The van der Waals surface area contributed by atoms with Crippen LogP contribution in [0, 0.1) is 0 Å². The lowest BCUT2D eigenvalue weighted by atomic mass is 9.93. The van der Waals surface area contributed by atoms with E-state index in [2.05, 4.69) is 10.6 Å². The van der Waals surface area contributed by atoms with Crippen LogP contribution in [0.4, 0.5) is 4.79 Å². The van der Waals surface area contributed by atoms with Crippen molar-refractivity contribution < 1.29 is 23.8 Å². The molecule has 2 aromatic carbocycles. The van der Waals surface area contributed by atoms with Crippen molar-refractivity contribution in [2.24, 2.45) is 0 Å². The molecule has 0 saturated heterocycles. The number of urea groups is 1. The maximum Gasteiger partial charge on any atom is 0.337 e. The van der Waals surface area contributed by atoms with E-state index in [0.717, 1.165) is 18.4 Å². The number of carbonyl (C=O) groups excluding carboxylic acids is 2. The predicted octanol–water partition coefficient (Wildman–Crippen LogP) is 5.55. The maximum atomic E-state index is 12.7. The smallest absolute Gasteiger partial charge is 0.337 e.